The number of piperidine rings is 1. The third kappa shape index (κ3) is 6.75. The number of likely N-dealkylation sites (tertiary alicyclic amines) is 1. The second-order valence-corrected chi connectivity index (χ2v) is 6.51. The Morgan fingerprint density at radius 1 is 1.11 bits per heavy atom. The highest BCUT2D eigenvalue weighted by Gasteiger charge is 2.19. The molecule has 18 heavy (non-hydrogen) atoms. The van der Waals surface area contributed by atoms with Crippen LogP contribution in [-0.4, -0.2) is 36.6 Å². The SMILES string of the molecule is CCCN1CCC(NC(C)CCCC(C)C)CC1. The van der Waals surface area contributed by atoms with E-state index in [0.29, 0.717) is 6.04 Å². The summed E-state index contributed by atoms with van der Waals surface area (Å²) in [5.74, 6) is 0.856. The van der Waals surface area contributed by atoms with E-state index in [9.17, 15) is 0 Å². The molecule has 1 aliphatic rings. The minimum absolute atomic E-state index is 0.700. The number of nitrogens with zero attached hydrogens (tertiary/aromatic N) is 1. The van der Waals surface area contributed by atoms with Crippen molar-refractivity contribution < 1.29 is 0 Å². The first kappa shape index (κ1) is 16.0. The van der Waals surface area contributed by atoms with E-state index in [1.807, 2.05) is 0 Å². The van der Waals surface area contributed by atoms with Crippen LogP contribution in [0.3, 0.4) is 0 Å². The average Bonchev–Trinajstić information content (AvgIpc) is 2.31. The Labute approximate surface area is 115 Å². The van der Waals surface area contributed by atoms with E-state index in [1.165, 1.54) is 58.2 Å². The van der Waals surface area contributed by atoms with Gasteiger partial charge in [0.05, 0.1) is 0 Å². The zero-order valence-electron chi connectivity index (χ0n) is 13.0. The molecular weight excluding hydrogens is 220 g/mol. The van der Waals surface area contributed by atoms with Gasteiger partial charge in [0, 0.05) is 12.1 Å². The van der Waals surface area contributed by atoms with E-state index in [0.717, 1.165) is 12.0 Å². The molecule has 1 rings (SSSR count). The molecule has 1 heterocycles. The van der Waals surface area contributed by atoms with Crippen LogP contribution in [0.2, 0.25) is 0 Å². The fraction of sp³-hybridized carbons (Fsp3) is 1.00. The highest BCUT2D eigenvalue weighted by molar-refractivity contribution is 4.79. The van der Waals surface area contributed by atoms with Crippen LogP contribution in [0, 0.1) is 5.92 Å². The zero-order valence-corrected chi connectivity index (χ0v) is 13.0. The molecule has 0 radical (unpaired) electrons. The van der Waals surface area contributed by atoms with Gasteiger partial charge < -0.3 is 10.2 Å². The first-order valence-electron chi connectivity index (χ1n) is 8.10. The van der Waals surface area contributed by atoms with Crippen LogP contribution in [-0.2, 0) is 0 Å². The highest BCUT2D eigenvalue weighted by atomic mass is 15.1. The van der Waals surface area contributed by atoms with Crippen LogP contribution < -0.4 is 5.32 Å². The lowest BCUT2D eigenvalue weighted by Gasteiger charge is -2.33. The molecule has 2 heteroatoms. The van der Waals surface area contributed by atoms with Gasteiger partial charge in [-0.3, -0.25) is 0 Å². The van der Waals surface area contributed by atoms with E-state index in [4.69, 9.17) is 0 Å². The summed E-state index contributed by atoms with van der Waals surface area (Å²) in [6.45, 7) is 13.2. The summed E-state index contributed by atoms with van der Waals surface area (Å²) in [4.78, 5) is 2.61. The molecule has 108 valence electrons. The molecule has 1 fully saturated rings. The smallest absolute Gasteiger partial charge is 0.00938 e. The molecule has 1 atom stereocenters. The maximum Gasteiger partial charge on any atom is 0.00938 e. The molecule has 0 spiro atoms. The molecule has 0 aromatic carbocycles. The van der Waals surface area contributed by atoms with Gasteiger partial charge >= 0.3 is 0 Å². The minimum atomic E-state index is 0.700. The third-order valence-corrected chi connectivity index (χ3v) is 4.07. The van der Waals surface area contributed by atoms with E-state index < -0.39 is 0 Å². The molecule has 0 aromatic heterocycles. The Morgan fingerprint density at radius 3 is 2.33 bits per heavy atom. The van der Waals surface area contributed by atoms with E-state index in [2.05, 4.69) is 37.9 Å². The summed E-state index contributed by atoms with van der Waals surface area (Å²) in [7, 11) is 0. The van der Waals surface area contributed by atoms with Crippen LogP contribution in [0.4, 0.5) is 0 Å². The van der Waals surface area contributed by atoms with Gasteiger partial charge in [0.15, 0.2) is 0 Å². The first-order valence-corrected chi connectivity index (χ1v) is 8.10. The lowest BCUT2D eigenvalue weighted by molar-refractivity contribution is 0.190. The van der Waals surface area contributed by atoms with Crippen molar-refractivity contribution >= 4 is 0 Å². The van der Waals surface area contributed by atoms with Crippen molar-refractivity contribution in [1.82, 2.24) is 10.2 Å². The Bertz CT molecular complexity index is 195. The fourth-order valence-corrected chi connectivity index (χ4v) is 2.96. The Morgan fingerprint density at radius 2 is 1.78 bits per heavy atom. The Hall–Kier alpha value is -0.0800. The second kappa shape index (κ2) is 8.92. The molecule has 1 saturated heterocycles. The van der Waals surface area contributed by atoms with Crippen LogP contribution in [0.25, 0.3) is 0 Å². The summed E-state index contributed by atoms with van der Waals surface area (Å²) < 4.78 is 0. The van der Waals surface area contributed by atoms with Crippen molar-refractivity contribution in [2.75, 3.05) is 19.6 Å². The van der Waals surface area contributed by atoms with Gasteiger partial charge in [-0.2, -0.15) is 0 Å². The summed E-state index contributed by atoms with van der Waals surface area (Å²) in [6, 6.07) is 1.47. The van der Waals surface area contributed by atoms with E-state index in [-0.39, 0.29) is 0 Å². The van der Waals surface area contributed by atoms with Crippen LogP contribution in [0.15, 0.2) is 0 Å². The van der Waals surface area contributed by atoms with Crippen molar-refractivity contribution in [1.29, 1.82) is 0 Å². The van der Waals surface area contributed by atoms with Crippen molar-refractivity contribution in [2.45, 2.75) is 78.3 Å². The van der Waals surface area contributed by atoms with Crippen molar-refractivity contribution in [3.63, 3.8) is 0 Å². The van der Waals surface area contributed by atoms with Crippen molar-refractivity contribution in [3.05, 3.63) is 0 Å². The Balaban J connectivity index is 2.08. The Kier molecular flexibility index (Phi) is 7.92. The molecular formula is C16H34N2. The molecule has 1 unspecified atom stereocenters. The minimum Gasteiger partial charge on any atom is -0.311 e. The second-order valence-electron chi connectivity index (χ2n) is 6.51. The summed E-state index contributed by atoms with van der Waals surface area (Å²) >= 11 is 0. The molecule has 0 saturated carbocycles. The van der Waals surface area contributed by atoms with Gasteiger partial charge in [0.25, 0.3) is 0 Å². The topological polar surface area (TPSA) is 15.3 Å². The zero-order chi connectivity index (χ0) is 13.4. The maximum absolute atomic E-state index is 3.83. The highest BCUT2D eigenvalue weighted by Crippen LogP contribution is 2.13. The lowest BCUT2D eigenvalue weighted by atomic mass is 10.0. The van der Waals surface area contributed by atoms with Crippen molar-refractivity contribution in [3.8, 4) is 0 Å². The normalized spacial score (nSPS) is 20.5. The molecule has 0 bridgehead atoms. The molecule has 1 N–H and O–H groups in total. The monoisotopic (exact) mass is 254 g/mol. The fourth-order valence-electron chi connectivity index (χ4n) is 2.96. The van der Waals surface area contributed by atoms with Crippen molar-refractivity contribution in [2.24, 2.45) is 5.92 Å². The first-order chi connectivity index (χ1) is 8.61. The van der Waals surface area contributed by atoms with Gasteiger partial charge in [-0.05, 0) is 58.2 Å². The lowest BCUT2D eigenvalue weighted by Crippen LogP contribution is -2.45. The maximum atomic E-state index is 3.83. The summed E-state index contributed by atoms with van der Waals surface area (Å²) in [6.07, 6.45) is 8.07. The van der Waals surface area contributed by atoms with Gasteiger partial charge in [-0.1, -0.05) is 33.6 Å². The summed E-state index contributed by atoms with van der Waals surface area (Å²) in [5.41, 5.74) is 0. The third-order valence-electron chi connectivity index (χ3n) is 4.07. The predicted octanol–water partition coefficient (Wildman–Crippen LogP) is 3.67. The quantitative estimate of drug-likeness (QED) is 0.711. The molecule has 1 aliphatic heterocycles. The predicted molar refractivity (Wildman–Crippen MR) is 81.0 cm³/mol. The van der Waals surface area contributed by atoms with Gasteiger partial charge in [-0.25, -0.2) is 0 Å². The van der Waals surface area contributed by atoms with E-state index in [1.54, 1.807) is 0 Å². The standard InChI is InChI=1S/C16H34N2/c1-5-11-18-12-9-16(10-13-18)17-15(4)8-6-7-14(2)3/h14-17H,5-13H2,1-4H3. The number of hydrogen-bond donors (Lipinski definition) is 1. The molecule has 0 amide bonds. The molecule has 2 nitrogen and oxygen atoms in total. The van der Waals surface area contributed by atoms with E-state index >= 15 is 0 Å². The van der Waals surface area contributed by atoms with Crippen LogP contribution in [0.5, 0.6) is 0 Å². The average molecular weight is 254 g/mol. The van der Waals surface area contributed by atoms with Gasteiger partial charge in [0.2, 0.25) is 0 Å². The summed E-state index contributed by atoms with van der Waals surface area (Å²) in [5, 5.41) is 3.83. The number of hydrogen-bond acceptors (Lipinski definition) is 2. The largest absolute Gasteiger partial charge is 0.311 e. The number of nitrogens with one attached hydrogen (secondary N) is 1. The van der Waals surface area contributed by atoms with Gasteiger partial charge in [0.1, 0.15) is 0 Å². The molecule has 0 aromatic rings. The molecule has 0 aliphatic carbocycles. The van der Waals surface area contributed by atoms with Crippen LogP contribution in [0.1, 0.15) is 66.2 Å². The van der Waals surface area contributed by atoms with Crippen LogP contribution >= 0.6 is 0 Å². The number of rotatable bonds is 8. The van der Waals surface area contributed by atoms with Gasteiger partial charge in [-0.15, -0.1) is 0 Å².